The third kappa shape index (κ3) is 5.60. The summed E-state index contributed by atoms with van der Waals surface area (Å²) >= 11 is 22.0. The van der Waals surface area contributed by atoms with Crippen molar-refractivity contribution < 1.29 is 19.1 Å². The van der Waals surface area contributed by atoms with Gasteiger partial charge in [-0.25, -0.2) is 9.69 Å². The molecule has 1 saturated heterocycles. The second-order valence-corrected chi connectivity index (χ2v) is 9.92. The molecule has 3 aromatic rings. The van der Waals surface area contributed by atoms with Crippen LogP contribution in [0, 0.1) is 0 Å². The van der Waals surface area contributed by atoms with Crippen molar-refractivity contribution in [1.82, 2.24) is 5.32 Å². The number of carbonyl (C=O) groups excluding carboxylic acids is 3. The van der Waals surface area contributed by atoms with Gasteiger partial charge in [0.1, 0.15) is 12.2 Å². The molecule has 0 spiro atoms. The molecule has 1 heterocycles. The number of imide groups is 2. The average Bonchev–Trinajstić information content (AvgIpc) is 2.82. The molecule has 3 aromatic carbocycles. The van der Waals surface area contributed by atoms with E-state index >= 15 is 0 Å². The zero-order valence-corrected chi connectivity index (χ0v) is 22.6. The number of rotatable bonds is 6. The standard InChI is InChI=1S/C26H18BrCl3N2O4/c1-2-14-3-7-18(8-4-14)32-25(34)19(24(33)31-26(32)35)9-15-10-20(27)23(22(30)11-15)36-13-16-5-6-17(28)12-21(16)29/h3-12H,2,13H2,1H3,(H,31,33,35)/b19-9-. The largest absolute Gasteiger partial charge is 0.486 e. The number of anilines is 1. The van der Waals surface area contributed by atoms with Crippen LogP contribution in [-0.4, -0.2) is 17.8 Å². The number of nitrogens with zero attached hydrogens (tertiary/aromatic N) is 1. The van der Waals surface area contributed by atoms with E-state index in [1.807, 2.05) is 19.1 Å². The topological polar surface area (TPSA) is 75.7 Å². The number of urea groups is 1. The molecule has 0 bridgehead atoms. The van der Waals surface area contributed by atoms with Crippen molar-refractivity contribution in [2.24, 2.45) is 0 Å². The Morgan fingerprint density at radius 1 is 0.972 bits per heavy atom. The molecule has 36 heavy (non-hydrogen) atoms. The van der Waals surface area contributed by atoms with Crippen LogP contribution in [0.5, 0.6) is 5.75 Å². The van der Waals surface area contributed by atoms with Crippen molar-refractivity contribution in [1.29, 1.82) is 0 Å². The van der Waals surface area contributed by atoms with Gasteiger partial charge in [-0.2, -0.15) is 0 Å². The molecule has 4 amide bonds. The van der Waals surface area contributed by atoms with Gasteiger partial charge in [-0.1, -0.05) is 59.9 Å². The molecular formula is C26H18BrCl3N2O4. The Kier molecular flexibility index (Phi) is 8.05. The summed E-state index contributed by atoms with van der Waals surface area (Å²) in [5, 5.41) is 3.43. The minimum atomic E-state index is -0.810. The molecule has 1 aliphatic rings. The Hall–Kier alpha value is -2.84. The van der Waals surface area contributed by atoms with Crippen LogP contribution in [0.4, 0.5) is 10.5 Å². The van der Waals surface area contributed by atoms with Gasteiger partial charge < -0.3 is 4.74 Å². The quantitative estimate of drug-likeness (QED) is 0.237. The third-order valence-electron chi connectivity index (χ3n) is 5.42. The molecule has 1 aliphatic heterocycles. The van der Waals surface area contributed by atoms with E-state index in [0.717, 1.165) is 22.4 Å². The summed E-state index contributed by atoms with van der Waals surface area (Å²) in [7, 11) is 0. The number of amides is 4. The minimum absolute atomic E-state index is 0.142. The lowest BCUT2D eigenvalue weighted by Crippen LogP contribution is -2.54. The highest BCUT2D eigenvalue weighted by molar-refractivity contribution is 9.10. The fraction of sp³-hybridized carbons (Fsp3) is 0.115. The number of carbonyl (C=O) groups is 3. The van der Waals surface area contributed by atoms with E-state index in [4.69, 9.17) is 39.5 Å². The summed E-state index contributed by atoms with van der Waals surface area (Å²) in [6.07, 6.45) is 2.18. The highest BCUT2D eigenvalue weighted by Crippen LogP contribution is 2.36. The summed E-state index contributed by atoms with van der Waals surface area (Å²) in [6.45, 7) is 2.14. The van der Waals surface area contributed by atoms with Gasteiger partial charge in [0.2, 0.25) is 0 Å². The van der Waals surface area contributed by atoms with E-state index in [-0.39, 0.29) is 17.2 Å². The molecule has 0 aliphatic carbocycles. The number of halogens is 4. The van der Waals surface area contributed by atoms with E-state index in [1.54, 1.807) is 42.5 Å². The summed E-state index contributed by atoms with van der Waals surface area (Å²) in [5.74, 6) is -1.17. The van der Waals surface area contributed by atoms with Gasteiger partial charge in [0, 0.05) is 15.6 Å². The zero-order chi connectivity index (χ0) is 26.0. The number of benzene rings is 3. The molecule has 4 rings (SSSR count). The first kappa shape index (κ1) is 26.2. The predicted octanol–water partition coefficient (Wildman–Crippen LogP) is 7.22. The van der Waals surface area contributed by atoms with E-state index < -0.39 is 17.8 Å². The van der Waals surface area contributed by atoms with Gasteiger partial charge in [0.15, 0.2) is 5.75 Å². The van der Waals surface area contributed by atoms with Crippen LogP contribution in [0.3, 0.4) is 0 Å². The number of barbiturate groups is 1. The fourth-order valence-electron chi connectivity index (χ4n) is 3.53. The summed E-state index contributed by atoms with van der Waals surface area (Å²) in [5.41, 5.74) is 2.38. The van der Waals surface area contributed by atoms with E-state index in [2.05, 4.69) is 21.2 Å². The van der Waals surface area contributed by atoms with Crippen molar-refractivity contribution in [2.75, 3.05) is 4.90 Å². The number of ether oxygens (including phenoxy) is 1. The molecule has 184 valence electrons. The Bertz CT molecular complexity index is 1380. The maximum atomic E-state index is 13.1. The Labute approximate surface area is 230 Å². The smallest absolute Gasteiger partial charge is 0.335 e. The monoisotopic (exact) mass is 606 g/mol. The lowest BCUT2D eigenvalue weighted by atomic mass is 10.1. The van der Waals surface area contributed by atoms with E-state index in [0.29, 0.717) is 31.5 Å². The van der Waals surface area contributed by atoms with Crippen LogP contribution in [0.2, 0.25) is 15.1 Å². The van der Waals surface area contributed by atoms with Crippen LogP contribution in [0.15, 0.2) is 64.6 Å². The number of hydrogen-bond acceptors (Lipinski definition) is 4. The molecular weight excluding hydrogens is 591 g/mol. The van der Waals surface area contributed by atoms with Crippen molar-refractivity contribution in [3.05, 3.63) is 96.4 Å². The van der Waals surface area contributed by atoms with Crippen LogP contribution >= 0.6 is 50.7 Å². The second-order valence-electron chi connectivity index (χ2n) is 7.82. The molecule has 0 radical (unpaired) electrons. The van der Waals surface area contributed by atoms with Gasteiger partial charge in [-0.3, -0.25) is 14.9 Å². The highest BCUT2D eigenvalue weighted by atomic mass is 79.9. The van der Waals surface area contributed by atoms with Gasteiger partial charge in [0.05, 0.1) is 15.2 Å². The van der Waals surface area contributed by atoms with Gasteiger partial charge in [-0.05, 0) is 76.0 Å². The lowest BCUT2D eigenvalue weighted by molar-refractivity contribution is -0.122. The number of hydrogen-bond donors (Lipinski definition) is 1. The second kappa shape index (κ2) is 11.0. The SMILES string of the molecule is CCc1ccc(N2C(=O)NC(=O)/C(=C/c3cc(Cl)c(OCc4ccc(Cl)cc4Cl)c(Br)c3)C2=O)cc1. The molecule has 0 aromatic heterocycles. The molecule has 6 nitrogen and oxygen atoms in total. The van der Waals surface area contributed by atoms with Crippen LogP contribution in [0.25, 0.3) is 6.08 Å². The van der Waals surface area contributed by atoms with Crippen LogP contribution < -0.4 is 15.0 Å². The first-order valence-electron chi connectivity index (χ1n) is 10.7. The highest BCUT2D eigenvalue weighted by Gasteiger charge is 2.36. The first-order chi connectivity index (χ1) is 17.2. The maximum absolute atomic E-state index is 13.1. The van der Waals surface area contributed by atoms with Gasteiger partial charge >= 0.3 is 6.03 Å². The minimum Gasteiger partial charge on any atom is -0.486 e. The lowest BCUT2D eigenvalue weighted by Gasteiger charge is -2.26. The Morgan fingerprint density at radius 2 is 1.69 bits per heavy atom. The first-order valence-corrected chi connectivity index (χ1v) is 12.7. The fourth-order valence-corrected chi connectivity index (χ4v) is 4.98. The van der Waals surface area contributed by atoms with Gasteiger partial charge in [-0.15, -0.1) is 0 Å². The molecule has 10 heteroatoms. The average molecular weight is 609 g/mol. The van der Waals surface area contributed by atoms with Gasteiger partial charge in [0.25, 0.3) is 11.8 Å². The normalized spacial score (nSPS) is 14.9. The van der Waals surface area contributed by atoms with Crippen molar-refractivity contribution >= 4 is 80.3 Å². The van der Waals surface area contributed by atoms with Crippen molar-refractivity contribution in [3.8, 4) is 5.75 Å². The van der Waals surface area contributed by atoms with E-state index in [1.165, 1.54) is 6.08 Å². The molecule has 0 unspecified atom stereocenters. The summed E-state index contributed by atoms with van der Waals surface area (Å²) < 4.78 is 6.34. The number of nitrogens with one attached hydrogen (secondary N) is 1. The van der Waals surface area contributed by atoms with Crippen molar-refractivity contribution in [2.45, 2.75) is 20.0 Å². The Balaban J connectivity index is 1.60. The molecule has 0 atom stereocenters. The predicted molar refractivity (Wildman–Crippen MR) is 145 cm³/mol. The van der Waals surface area contributed by atoms with Crippen LogP contribution in [-0.2, 0) is 22.6 Å². The number of aryl methyl sites for hydroxylation is 1. The maximum Gasteiger partial charge on any atom is 0.335 e. The Morgan fingerprint density at radius 3 is 2.33 bits per heavy atom. The van der Waals surface area contributed by atoms with E-state index in [9.17, 15) is 14.4 Å². The molecule has 0 saturated carbocycles. The summed E-state index contributed by atoms with van der Waals surface area (Å²) in [4.78, 5) is 39.0. The zero-order valence-electron chi connectivity index (χ0n) is 18.8. The third-order valence-corrected chi connectivity index (χ3v) is 6.88. The molecule has 1 N–H and O–H groups in total. The van der Waals surface area contributed by atoms with Crippen molar-refractivity contribution in [3.63, 3.8) is 0 Å². The molecule has 1 fully saturated rings. The van der Waals surface area contributed by atoms with Crippen LogP contribution in [0.1, 0.15) is 23.6 Å². The summed E-state index contributed by atoms with van der Waals surface area (Å²) in [6, 6.07) is 14.4.